The number of aryl methyl sites for hydroxylation is 1. The van der Waals surface area contributed by atoms with E-state index in [0.717, 1.165) is 12.1 Å². The Morgan fingerprint density at radius 3 is 2.66 bits per heavy atom. The number of carbonyl (C=O) groups excluding carboxylic acids is 2. The average molecular weight is 476 g/mol. The summed E-state index contributed by atoms with van der Waals surface area (Å²) in [6.07, 6.45) is 7.34. The fourth-order valence-electron chi connectivity index (χ4n) is 4.37. The number of rotatable bonds is 10. The Labute approximate surface area is 203 Å². The van der Waals surface area contributed by atoms with E-state index in [2.05, 4.69) is 10.3 Å². The van der Waals surface area contributed by atoms with Crippen LogP contribution in [0.2, 0.25) is 0 Å². The maximum absolute atomic E-state index is 13.2. The minimum atomic E-state index is -1.76. The first kappa shape index (κ1) is 24.3. The van der Waals surface area contributed by atoms with Gasteiger partial charge < -0.3 is 15.1 Å². The molecule has 2 heterocycles. The average Bonchev–Trinajstić information content (AvgIpc) is 3.40. The van der Waals surface area contributed by atoms with E-state index in [4.69, 9.17) is 5.11 Å². The molecule has 0 saturated carbocycles. The summed E-state index contributed by atoms with van der Waals surface area (Å²) in [5, 5.41) is 28.7. The Kier molecular flexibility index (Phi) is 7.09. The van der Waals surface area contributed by atoms with Gasteiger partial charge in [-0.05, 0) is 36.8 Å². The predicted octanol–water partition coefficient (Wildman–Crippen LogP) is 2.55. The van der Waals surface area contributed by atoms with Crippen molar-refractivity contribution in [2.45, 2.75) is 31.9 Å². The number of amides is 2. The Morgan fingerprint density at radius 1 is 1.17 bits per heavy atom. The van der Waals surface area contributed by atoms with Gasteiger partial charge in [0.1, 0.15) is 0 Å². The molecule has 2 atom stereocenters. The van der Waals surface area contributed by atoms with Crippen LogP contribution in [-0.2, 0) is 28.2 Å². The van der Waals surface area contributed by atoms with Gasteiger partial charge in [0, 0.05) is 55.7 Å². The molecule has 182 valence electrons. The molecule has 0 fully saturated rings. The van der Waals surface area contributed by atoms with E-state index in [9.17, 15) is 14.7 Å². The van der Waals surface area contributed by atoms with Crippen molar-refractivity contribution in [3.8, 4) is 0 Å². The number of carbonyl (C=O) groups is 2. The third-order valence-electron chi connectivity index (χ3n) is 6.36. The van der Waals surface area contributed by atoms with Crippen molar-refractivity contribution < 1.29 is 19.8 Å². The van der Waals surface area contributed by atoms with Crippen molar-refractivity contribution in [2.24, 2.45) is 5.92 Å². The standard InChI is InChI=1S/C26H29N5O4/c1-19(8-6-7-14-30-17-20(13-15-32)27-28-30)26(35)23-16-22(11-12-24(23)29(2)25(26)34)31(18-33)21-9-4-3-5-10-21/h3-6,8-12,16-19,32,35H,7,13-15H2,1-2H3/b8-6+/t19-,26+/m0/s1. The van der Waals surface area contributed by atoms with Crippen LogP contribution in [0.15, 0.2) is 66.9 Å². The molecule has 1 aliphatic heterocycles. The van der Waals surface area contributed by atoms with Gasteiger partial charge in [0.25, 0.3) is 5.91 Å². The van der Waals surface area contributed by atoms with Gasteiger partial charge in [0.15, 0.2) is 5.60 Å². The summed E-state index contributed by atoms with van der Waals surface area (Å²) in [5.74, 6) is -0.930. The summed E-state index contributed by atoms with van der Waals surface area (Å²) in [7, 11) is 1.64. The number of aromatic nitrogens is 3. The zero-order valence-corrected chi connectivity index (χ0v) is 19.8. The van der Waals surface area contributed by atoms with Crippen LogP contribution in [0.25, 0.3) is 0 Å². The summed E-state index contributed by atoms with van der Waals surface area (Å²) in [6.45, 7) is 2.41. The largest absolute Gasteiger partial charge is 0.396 e. The highest BCUT2D eigenvalue weighted by Crippen LogP contribution is 2.46. The molecule has 35 heavy (non-hydrogen) atoms. The number of anilines is 3. The van der Waals surface area contributed by atoms with E-state index >= 15 is 0 Å². The van der Waals surface area contributed by atoms with Crippen LogP contribution in [0, 0.1) is 5.92 Å². The summed E-state index contributed by atoms with van der Waals surface area (Å²) >= 11 is 0. The predicted molar refractivity (Wildman–Crippen MR) is 132 cm³/mol. The molecule has 1 aromatic heterocycles. The van der Waals surface area contributed by atoms with Gasteiger partial charge in [0.05, 0.1) is 11.4 Å². The molecule has 2 amide bonds. The van der Waals surface area contributed by atoms with Crippen LogP contribution in [0.1, 0.15) is 24.6 Å². The summed E-state index contributed by atoms with van der Waals surface area (Å²) in [6, 6.07) is 14.4. The van der Waals surface area contributed by atoms with Crippen LogP contribution < -0.4 is 9.80 Å². The molecule has 4 rings (SSSR count). The van der Waals surface area contributed by atoms with Crippen molar-refractivity contribution in [1.82, 2.24) is 15.0 Å². The number of benzene rings is 2. The number of fused-ring (bicyclic) bond motifs is 1. The Hall–Kier alpha value is -3.82. The quantitative estimate of drug-likeness (QED) is 0.344. The molecule has 9 nitrogen and oxygen atoms in total. The molecule has 2 aromatic carbocycles. The number of aliphatic hydroxyl groups excluding tert-OH is 1. The minimum Gasteiger partial charge on any atom is -0.396 e. The second-order valence-corrected chi connectivity index (χ2v) is 8.60. The molecule has 0 saturated heterocycles. The number of hydrogen-bond acceptors (Lipinski definition) is 6. The summed E-state index contributed by atoms with van der Waals surface area (Å²) in [4.78, 5) is 28.0. The number of nitrogens with zero attached hydrogens (tertiary/aromatic N) is 5. The molecule has 0 bridgehead atoms. The van der Waals surface area contributed by atoms with Crippen molar-refractivity contribution in [2.75, 3.05) is 23.5 Å². The second kappa shape index (κ2) is 10.2. The topological polar surface area (TPSA) is 112 Å². The van der Waals surface area contributed by atoms with Crippen LogP contribution in [-0.4, -0.2) is 51.2 Å². The van der Waals surface area contributed by atoms with Crippen molar-refractivity contribution in [3.63, 3.8) is 0 Å². The minimum absolute atomic E-state index is 0.0241. The van der Waals surface area contributed by atoms with Crippen LogP contribution in [0.4, 0.5) is 17.1 Å². The molecule has 2 N–H and O–H groups in total. The smallest absolute Gasteiger partial charge is 0.264 e. The SMILES string of the molecule is C[C@@H](/C=C/CCn1cc(CCO)nn1)[C@]1(O)C(=O)N(C)c2ccc(N(C=O)c3ccccc3)cc21. The highest BCUT2D eigenvalue weighted by atomic mass is 16.3. The lowest BCUT2D eigenvalue weighted by atomic mass is 9.82. The lowest BCUT2D eigenvalue weighted by Crippen LogP contribution is -2.43. The molecule has 3 aromatic rings. The maximum Gasteiger partial charge on any atom is 0.264 e. The van der Waals surface area contributed by atoms with Crippen LogP contribution in [0.3, 0.4) is 0 Å². The first-order valence-corrected chi connectivity index (χ1v) is 11.5. The van der Waals surface area contributed by atoms with E-state index in [1.54, 1.807) is 43.0 Å². The fraction of sp³-hybridized carbons (Fsp3) is 0.308. The summed E-state index contributed by atoms with van der Waals surface area (Å²) < 4.78 is 1.70. The first-order valence-electron chi connectivity index (χ1n) is 11.5. The number of aliphatic hydroxyl groups is 2. The van der Waals surface area contributed by atoms with Crippen molar-refractivity contribution >= 4 is 29.4 Å². The van der Waals surface area contributed by atoms with Gasteiger partial charge in [-0.25, -0.2) is 0 Å². The zero-order valence-electron chi connectivity index (χ0n) is 19.8. The number of allylic oxidation sites excluding steroid dienone is 1. The second-order valence-electron chi connectivity index (χ2n) is 8.60. The Morgan fingerprint density at radius 2 is 1.94 bits per heavy atom. The van der Waals surface area contributed by atoms with E-state index in [1.807, 2.05) is 42.5 Å². The zero-order chi connectivity index (χ0) is 25.0. The molecule has 1 aliphatic rings. The van der Waals surface area contributed by atoms with Crippen molar-refractivity contribution in [1.29, 1.82) is 0 Å². The van der Waals surface area contributed by atoms with Crippen LogP contribution in [0.5, 0.6) is 0 Å². The number of hydrogen-bond donors (Lipinski definition) is 2. The lowest BCUT2D eigenvalue weighted by Gasteiger charge is -2.27. The maximum atomic E-state index is 13.2. The molecule has 0 spiro atoms. The van der Waals surface area contributed by atoms with Gasteiger partial charge in [-0.2, -0.15) is 0 Å². The van der Waals surface area contributed by atoms with E-state index < -0.39 is 17.4 Å². The van der Waals surface area contributed by atoms with E-state index in [-0.39, 0.29) is 6.61 Å². The van der Waals surface area contributed by atoms with Gasteiger partial charge in [0.2, 0.25) is 6.41 Å². The number of para-hydroxylation sites is 1. The van der Waals surface area contributed by atoms with Gasteiger partial charge in [-0.3, -0.25) is 19.2 Å². The summed E-state index contributed by atoms with van der Waals surface area (Å²) in [5.41, 5.74) is 1.29. The third kappa shape index (κ3) is 4.60. The number of likely N-dealkylation sites (N-methyl/N-ethyl adjacent to an activating group) is 1. The molecular formula is C26H29N5O4. The molecule has 0 unspecified atom stereocenters. The normalized spacial score (nSPS) is 18.2. The van der Waals surface area contributed by atoms with Gasteiger partial charge in [-0.15, -0.1) is 5.10 Å². The van der Waals surface area contributed by atoms with Gasteiger partial charge in [-0.1, -0.05) is 42.5 Å². The van der Waals surface area contributed by atoms with E-state index in [1.165, 1.54) is 9.80 Å². The molecule has 0 radical (unpaired) electrons. The first-order chi connectivity index (χ1) is 16.9. The molecule has 9 heteroatoms. The molecular weight excluding hydrogens is 446 g/mol. The van der Waals surface area contributed by atoms with Crippen molar-refractivity contribution in [3.05, 3.63) is 78.1 Å². The third-order valence-corrected chi connectivity index (χ3v) is 6.36. The highest BCUT2D eigenvalue weighted by Gasteiger charge is 2.51. The van der Waals surface area contributed by atoms with E-state index in [0.29, 0.717) is 42.0 Å². The monoisotopic (exact) mass is 475 g/mol. The Bertz CT molecular complexity index is 1230. The Balaban J connectivity index is 1.56. The fourth-order valence-corrected chi connectivity index (χ4v) is 4.37. The molecule has 0 aliphatic carbocycles. The lowest BCUT2D eigenvalue weighted by molar-refractivity contribution is -0.139. The highest BCUT2D eigenvalue weighted by molar-refractivity contribution is 6.07. The van der Waals surface area contributed by atoms with Gasteiger partial charge >= 0.3 is 0 Å². The van der Waals surface area contributed by atoms with Crippen LogP contribution >= 0.6 is 0 Å².